The fraction of sp³-hybridized carbons (Fsp3) is 0. The average Bonchev–Trinajstić information content (AvgIpc) is 3.29. The zero-order chi connectivity index (χ0) is 37.7. The predicted octanol–water partition coefficient (Wildman–Crippen LogP) is 9.50. The van der Waals surface area contributed by atoms with Crippen LogP contribution in [0.4, 0.5) is 0 Å². The fourth-order valence-corrected chi connectivity index (χ4v) is 10.1. The Morgan fingerprint density at radius 3 is 0.930 bits per heavy atom. The zero-order valence-corrected chi connectivity index (χ0v) is 32.0. The number of aromatic nitrogens is 6. The first kappa shape index (κ1) is 33.6. The van der Waals surface area contributed by atoms with Gasteiger partial charge < -0.3 is 0 Å². The quantitative estimate of drug-likeness (QED) is 0.155. The Morgan fingerprint density at radius 1 is 0.281 bits per heavy atom. The third-order valence-corrected chi connectivity index (χ3v) is 12.6. The molecule has 0 saturated heterocycles. The summed E-state index contributed by atoms with van der Waals surface area (Å²) in [5, 5.41) is 0. The predicted molar refractivity (Wildman–Crippen MR) is 232 cm³/mol. The number of nitrogens with zero attached hydrogens (tertiary/aromatic N) is 6. The summed E-state index contributed by atoms with van der Waals surface area (Å²) in [5.41, 5.74) is 9.63. The standard InChI is InChI=1S/C48H29BN6S2/c1-5-14-30(15-6-1)43-50-44(31-16-7-2-8-17-31)53-47(52-43)34-24-26-36-40(28-34)56-38-22-13-23-39-42(38)49(36)37-27-25-35(29-41(37)57-39)48-54-45(32-18-9-3-10-19-32)51-46(55-48)33-20-11-4-12-21-33/h1-29H. The molecule has 0 unspecified atom stereocenters. The van der Waals surface area contributed by atoms with Crippen molar-refractivity contribution in [2.45, 2.75) is 19.6 Å². The average molecular weight is 765 g/mol. The van der Waals surface area contributed by atoms with E-state index >= 15 is 0 Å². The van der Waals surface area contributed by atoms with Crippen LogP contribution in [0, 0.1) is 0 Å². The highest BCUT2D eigenvalue weighted by Crippen LogP contribution is 2.40. The van der Waals surface area contributed by atoms with Crippen molar-refractivity contribution in [3.8, 4) is 68.3 Å². The molecule has 11 rings (SSSR count). The zero-order valence-electron chi connectivity index (χ0n) is 30.3. The topological polar surface area (TPSA) is 77.3 Å². The first-order valence-corrected chi connectivity index (χ1v) is 20.4. The highest BCUT2D eigenvalue weighted by atomic mass is 32.2. The molecule has 2 aromatic heterocycles. The van der Waals surface area contributed by atoms with Gasteiger partial charge in [-0.05, 0) is 29.7 Å². The van der Waals surface area contributed by atoms with E-state index in [4.69, 9.17) is 29.9 Å². The van der Waals surface area contributed by atoms with Crippen molar-refractivity contribution in [1.82, 2.24) is 29.9 Å². The van der Waals surface area contributed by atoms with Gasteiger partial charge in [0.05, 0.1) is 0 Å². The largest absolute Gasteiger partial charge is 0.247 e. The van der Waals surface area contributed by atoms with E-state index in [1.807, 2.05) is 145 Å². The minimum absolute atomic E-state index is 0.0723. The van der Waals surface area contributed by atoms with Crippen molar-refractivity contribution in [3.63, 3.8) is 0 Å². The number of fused-ring (bicyclic) bond motifs is 4. The molecular weight excluding hydrogens is 736 g/mol. The van der Waals surface area contributed by atoms with Gasteiger partial charge in [-0.3, -0.25) is 0 Å². The van der Waals surface area contributed by atoms with Gasteiger partial charge in [0, 0.05) is 53.0 Å². The summed E-state index contributed by atoms with van der Waals surface area (Å²) in [7, 11) is 0. The van der Waals surface area contributed by atoms with Crippen LogP contribution < -0.4 is 16.4 Å². The van der Waals surface area contributed by atoms with E-state index in [0.29, 0.717) is 34.9 Å². The lowest BCUT2D eigenvalue weighted by atomic mass is 9.36. The van der Waals surface area contributed by atoms with Gasteiger partial charge in [-0.25, -0.2) is 29.9 Å². The summed E-state index contributed by atoms with van der Waals surface area (Å²) < 4.78 is 0. The first-order chi connectivity index (χ1) is 28.2. The van der Waals surface area contributed by atoms with E-state index in [1.165, 1.54) is 36.0 Å². The van der Waals surface area contributed by atoms with Gasteiger partial charge in [-0.15, -0.1) is 0 Å². The van der Waals surface area contributed by atoms with Gasteiger partial charge in [0.1, 0.15) is 0 Å². The van der Waals surface area contributed by atoms with E-state index in [0.717, 1.165) is 33.4 Å². The lowest BCUT2D eigenvalue weighted by Gasteiger charge is -2.33. The van der Waals surface area contributed by atoms with Gasteiger partial charge in [-0.1, -0.05) is 186 Å². The summed E-state index contributed by atoms with van der Waals surface area (Å²) >= 11 is 3.64. The summed E-state index contributed by atoms with van der Waals surface area (Å²) in [6.45, 7) is 0.0723. The van der Waals surface area contributed by atoms with Crippen LogP contribution in [0.25, 0.3) is 68.3 Å². The first-order valence-electron chi connectivity index (χ1n) is 18.7. The van der Waals surface area contributed by atoms with Crippen molar-refractivity contribution in [1.29, 1.82) is 0 Å². The van der Waals surface area contributed by atoms with E-state index in [9.17, 15) is 0 Å². The highest BCUT2D eigenvalue weighted by molar-refractivity contribution is 8.01. The van der Waals surface area contributed by atoms with Crippen LogP contribution in [-0.4, -0.2) is 36.6 Å². The smallest absolute Gasteiger partial charge is 0.208 e. The molecule has 0 saturated carbocycles. The lowest BCUT2D eigenvalue weighted by Crippen LogP contribution is -2.58. The van der Waals surface area contributed by atoms with Crippen LogP contribution in [0.15, 0.2) is 196 Å². The molecule has 0 N–H and O–H groups in total. The molecule has 0 spiro atoms. The van der Waals surface area contributed by atoms with Crippen LogP contribution >= 0.6 is 23.5 Å². The molecule has 0 bridgehead atoms. The lowest BCUT2D eigenvalue weighted by molar-refractivity contribution is 1.07. The summed E-state index contributed by atoms with van der Waals surface area (Å²) in [5.74, 6) is 3.91. The Balaban J connectivity index is 1.02. The van der Waals surface area contributed by atoms with Crippen molar-refractivity contribution < 1.29 is 0 Å². The SMILES string of the molecule is c1ccc(-c2nc(-c3ccccc3)nc(-c3ccc4c(c3)Sc3cccc5c3B4c3ccc(-c4nc(-c6ccccc6)nc(-c6ccccc6)n4)cc3S5)n2)cc1. The third-order valence-electron chi connectivity index (χ3n) is 10.3. The summed E-state index contributed by atoms with van der Waals surface area (Å²) in [6, 6.07) is 60.5. The van der Waals surface area contributed by atoms with Gasteiger partial charge in [0.25, 0.3) is 0 Å². The molecular formula is C48H29BN6S2. The third kappa shape index (κ3) is 6.21. The number of benzene rings is 7. The Morgan fingerprint density at radius 2 is 0.596 bits per heavy atom. The molecule has 0 amide bonds. The van der Waals surface area contributed by atoms with E-state index in [-0.39, 0.29) is 6.71 Å². The van der Waals surface area contributed by atoms with Crippen molar-refractivity contribution in [2.75, 3.05) is 0 Å². The van der Waals surface area contributed by atoms with Gasteiger partial charge in [0.2, 0.25) is 6.71 Å². The van der Waals surface area contributed by atoms with Crippen molar-refractivity contribution in [2.24, 2.45) is 0 Å². The maximum atomic E-state index is 5.03. The van der Waals surface area contributed by atoms with Gasteiger partial charge in [0.15, 0.2) is 34.9 Å². The molecule has 6 nitrogen and oxygen atoms in total. The molecule has 2 aliphatic heterocycles. The molecule has 4 heterocycles. The summed E-state index contributed by atoms with van der Waals surface area (Å²) in [4.78, 5) is 34.9. The Bertz CT molecular complexity index is 2660. The molecule has 2 aliphatic rings. The highest BCUT2D eigenvalue weighted by Gasteiger charge is 2.38. The van der Waals surface area contributed by atoms with E-state index in [1.54, 1.807) is 0 Å². The van der Waals surface area contributed by atoms with Crippen LogP contribution in [0.5, 0.6) is 0 Å². The Kier molecular flexibility index (Phi) is 8.33. The minimum Gasteiger partial charge on any atom is -0.208 e. The monoisotopic (exact) mass is 764 g/mol. The van der Waals surface area contributed by atoms with Crippen LogP contribution in [0.2, 0.25) is 0 Å². The van der Waals surface area contributed by atoms with Crippen molar-refractivity contribution >= 4 is 46.6 Å². The van der Waals surface area contributed by atoms with E-state index < -0.39 is 0 Å². The second kappa shape index (κ2) is 14.1. The van der Waals surface area contributed by atoms with Crippen molar-refractivity contribution in [3.05, 3.63) is 176 Å². The molecule has 9 heteroatoms. The van der Waals surface area contributed by atoms with Crippen LogP contribution in [-0.2, 0) is 0 Å². The molecule has 266 valence electrons. The minimum atomic E-state index is 0.0723. The number of hydrogen-bond acceptors (Lipinski definition) is 8. The van der Waals surface area contributed by atoms with E-state index in [2.05, 4.69) is 54.6 Å². The number of rotatable bonds is 6. The van der Waals surface area contributed by atoms with Crippen LogP contribution in [0.3, 0.4) is 0 Å². The number of hydrogen-bond donors (Lipinski definition) is 0. The fourth-order valence-electron chi connectivity index (χ4n) is 7.58. The normalized spacial score (nSPS) is 12.4. The molecule has 9 aromatic rings. The summed E-state index contributed by atoms with van der Waals surface area (Å²) in [6.07, 6.45) is 0. The molecule has 0 aliphatic carbocycles. The Labute approximate surface area is 338 Å². The Hall–Kier alpha value is -6.68. The van der Waals surface area contributed by atoms with Crippen LogP contribution in [0.1, 0.15) is 0 Å². The second-order valence-electron chi connectivity index (χ2n) is 13.9. The maximum Gasteiger partial charge on any atom is 0.247 e. The molecule has 57 heavy (non-hydrogen) atoms. The molecule has 0 fully saturated rings. The molecule has 0 radical (unpaired) electrons. The molecule has 7 aromatic carbocycles. The van der Waals surface area contributed by atoms with Gasteiger partial charge >= 0.3 is 0 Å². The molecule has 0 atom stereocenters. The van der Waals surface area contributed by atoms with Gasteiger partial charge in [-0.2, -0.15) is 0 Å². The maximum absolute atomic E-state index is 5.03. The second-order valence-corrected chi connectivity index (χ2v) is 16.1.